The largest absolute Gasteiger partial charge is 0.486 e. The number of furan rings is 1. The summed E-state index contributed by atoms with van der Waals surface area (Å²) in [6.45, 7) is 4.08. The SMILES string of the molecule is Cc1ccc(OCc2ccc(C(=O)Nc3nc(C)c(Cc4ccc([N+](=O)[O-])cc4)s3)o2)cc1. The van der Waals surface area contributed by atoms with E-state index >= 15 is 0 Å². The Labute approximate surface area is 194 Å². The van der Waals surface area contributed by atoms with Crippen LogP contribution in [0.1, 0.15) is 38.0 Å². The van der Waals surface area contributed by atoms with Crippen molar-refractivity contribution in [1.29, 1.82) is 0 Å². The smallest absolute Gasteiger partial charge is 0.293 e. The fourth-order valence-electron chi connectivity index (χ4n) is 3.09. The van der Waals surface area contributed by atoms with E-state index in [1.165, 1.54) is 23.5 Å². The normalized spacial score (nSPS) is 10.7. The number of nitro groups is 1. The molecular weight excluding hydrogens is 442 g/mol. The molecule has 2 heterocycles. The van der Waals surface area contributed by atoms with Gasteiger partial charge in [-0.15, -0.1) is 11.3 Å². The van der Waals surface area contributed by atoms with Crippen molar-refractivity contribution in [2.75, 3.05) is 5.32 Å². The number of nitrogens with one attached hydrogen (secondary N) is 1. The van der Waals surface area contributed by atoms with Gasteiger partial charge in [0.05, 0.1) is 10.6 Å². The maximum atomic E-state index is 12.6. The predicted molar refractivity (Wildman–Crippen MR) is 125 cm³/mol. The fraction of sp³-hybridized carbons (Fsp3) is 0.167. The fourth-order valence-corrected chi connectivity index (χ4v) is 4.08. The van der Waals surface area contributed by atoms with Crippen LogP contribution in [0, 0.1) is 24.0 Å². The molecule has 2 aromatic carbocycles. The Bertz CT molecular complexity index is 1280. The van der Waals surface area contributed by atoms with Crippen LogP contribution in [0.15, 0.2) is 65.1 Å². The Balaban J connectivity index is 1.36. The minimum Gasteiger partial charge on any atom is -0.486 e. The molecule has 0 saturated heterocycles. The number of hydrogen-bond donors (Lipinski definition) is 1. The van der Waals surface area contributed by atoms with Crippen LogP contribution in [0.2, 0.25) is 0 Å². The zero-order chi connectivity index (χ0) is 23.4. The molecule has 8 nitrogen and oxygen atoms in total. The highest BCUT2D eigenvalue weighted by Crippen LogP contribution is 2.26. The number of non-ortho nitro benzene ring substituents is 1. The predicted octanol–water partition coefficient (Wildman–Crippen LogP) is 5.68. The lowest BCUT2D eigenvalue weighted by molar-refractivity contribution is -0.384. The van der Waals surface area contributed by atoms with Gasteiger partial charge < -0.3 is 9.15 Å². The molecule has 0 bridgehead atoms. The summed E-state index contributed by atoms with van der Waals surface area (Å²) in [6, 6.07) is 17.4. The highest BCUT2D eigenvalue weighted by atomic mass is 32.1. The maximum Gasteiger partial charge on any atom is 0.293 e. The van der Waals surface area contributed by atoms with Gasteiger partial charge in [-0.1, -0.05) is 29.8 Å². The molecule has 1 N–H and O–H groups in total. The first-order valence-electron chi connectivity index (χ1n) is 10.2. The molecule has 4 aromatic rings. The lowest BCUT2D eigenvalue weighted by atomic mass is 10.1. The number of nitrogens with zero attached hydrogens (tertiary/aromatic N) is 2. The van der Waals surface area contributed by atoms with Gasteiger partial charge in [0, 0.05) is 23.4 Å². The summed E-state index contributed by atoms with van der Waals surface area (Å²) in [7, 11) is 0. The zero-order valence-corrected chi connectivity index (χ0v) is 18.8. The van der Waals surface area contributed by atoms with E-state index in [9.17, 15) is 14.9 Å². The lowest BCUT2D eigenvalue weighted by Crippen LogP contribution is -2.10. The van der Waals surface area contributed by atoms with Crippen LogP contribution < -0.4 is 10.1 Å². The third kappa shape index (κ3) is 5.64. The third-order valence-corrected chi connectivity index (χ3v) is 5.99. The number of aromatic nitrogens is 1. The molecule has 0 aliphatic heterocycles. The van der Waals surface area contributed by atoms with Gasteiger partial charge in [-0.3, -0.25) is 20.2 Å². The van der Waals surface area contributed by atoms with Gasteiger partial charge in [0.25, 0.3) is 11.6 Å². The van der Waals surface area contributed by atoms with Crippen molar-refractivity contribution in [2.45, 2.75) is 26.9 Å². The number of anilines is 1. The van der Waals surface area contributed by atoms with E-state index in [2.05, 4.69) is 10.3 Å². The van der Waals surface area contributed by atoms with Crippen LogP contribution in [0.4, 0.5) is 10.8 Å². The molecule has 1 amide bonds. The summed E-state index contributed by atoms with van der Waals surface area (Å²) in [5.74, 6) is 1.03. The number of amides is 1. The Kier molecular flexibility index (Phi) is 6.50. The summed E-state index contributed by atoms with van der Waals surface area (Å²) in [5.41, 5.74) is 2.91. The number of benzene rings is 2. The van der Waals surface area contributed by atoms with E-state index in [0.29, 0.717) is 17.3 Å². The molecule has 0 aliphatic carbocycles. The zero-order valence-electron chi connectivity index (χ0n) is 18.0. The molecule has 0 saturated carbocycles. The molecule has 0 atom stereocenters. The standard InChI is InChI=1S/C24H21N3O5S/c1-15-3-9-19(10-4-15)31-14-20-11-12-21(32-20)23(28)26-24-25-16(2)22(33-24)13-17-5-7-18(8-6-17)27(29)30/h3-12H,13-14H2,1-2H3,(H,25,26,28). The number of carbonyl (C=O) groups is 1. The Morgan fingerprint density at radius 2 is 1.82 bits per heavy atom. The minimum atomic E-state index is -0.427. The molecule has 33 heavy (non-hydrogen) atoms. The molecule has 4 rings (SSSR count). The van der Waals surface area contributed by atoms with Crippen molar-refractivity contribution >= 4 is 28.1 Å². The molecule has 2 aromatic heterocycles. The first kappa shape index (κ1) is 22.2. The Morgan fingerprint density at radius 1 is 1.09 bits per heavy atom. The quantitative estimate of drug-likeness (QED) is 0.266. The number of aryl methyl sites for hydroxylation is 2. The monoisotopic (exact) mass is 463 g/mol. The van der Waals surface area contributed by atoms with E-state index in [0.717, 1.165) is 27.4 Å². The number of rotatable bonds is 8. The van der Waals surface area contributed by atoms with Crippen LogP contribution >= 0.6 is 11.3 Å². The van der Waals surface area contributed by atoms with Gasteiger partial charge in [-0.25, -0.2) is 4.98 Å². The van der Waals surface area contributed by atoms with Crippen molar-refractivity contribution in [3.8, 4) is 5.75 Å². The van der Waals surface area contributed by atoms with Gasteiger partial charge in [0.2, 0.25) is 0 Å². The Morgan fingerprint density at radius 3 is 2.52 bits per heavy atom. The highest BCUT2D eigenvalue weighted by molar-refractivity contribution is 7.15. The van der Waals surface area contributed by atoms with Crippen molar-refractivity contribution < 1.29 is 18.9 Å². The number of ether oxygens (including phenoxy) is 1. The summed E-state index contributed by atoms with van der Waals surface area (Å²) >= 11 is 1.36. The van der Waals surface area contributed by atoms with Crippen molar-refractivity contribution in [1.82, 2.24) is 4.98 Å². The van der Waals surface area contributed by atoms with Gasteiger partial charge in [-0.05, 0) is 43.7 Å². The molecule has 0 fully saturated rings. The molecular formula is C24H21N3O5S. The maximum absolute atomic E-state index is 12.6. The topological polar surface area (TPSA) is 108 Å². The second-order valence-electron chi connectivity index (χ2n) is 7.45. The average Bonchev–Trinajstić information content (AvgIpc) is 3.40. The number of hydrogen-bond acceptors (Lipinski definition) is 7. The second-order valence-corrected chi connectivity index (χ2v) is 8.53. The van der Waals surface area contributed by atoms with E-state index in [1.54, 1.807) is 24.3 Å². The first-order chi connectivity index (χ1) is 15.9. The molecule has 0 radical (unpaired) electrons. The van der Waals surface area contributed by atoms with E-state index in [4.69, 9.17) is 9.15 Å². The molecule has 9 heteroatoms. The molecule has 168 valence electrons. The van der Waals surface area contributed by atoms with E-state index < -0.39 is 10.8 Å². The summed E-state index contributed by atoms with van der Waals surface area (Å²) in [4.78, 5) is 28.3. The van der Waals surface area contributed by atoms with E-state index in [-0.39, 0.29) is 18.1 Å². The lowest BCUT2D eigenvalue weighted by Gasteiger charge is -2.04. The third-order valence-electron chi connectivity index (χ3n) is 4.91. The van der Waals surface area contributed by atoms with Crippen LogP contribution in [0.3, 0.4) is 0 Å². The van der Waals surface area contributed by atoms with Crippen LogP contribution in [-0.4, -0.2) is 15.8 Å². The summed E-state index contributed by atoms with van der Waals surface area (Å²) < 4.78 is 11.3. The van der Waals surface area contributed by atoms with E-state index in [1.807, 2.05) is 38.1 Å². The van der Waals surface area contributed by atoms with Gasteiger partial charge >= 0.3 is 0 Å². The van der Waals surface area contributed by atoms with Crippen molar-refractivity contribution in [3.63, 3.8) is 0 Å². The highest BCUT2D eigenvalue weighted by Gasteiger charge is 2.16. The van der Waals surface area contributed by atoms with Gasteiger partial charge in [-0.2, -0.15) is 0 Å². The number of nitro benzene ring substituents is 1. The van der Waals surface area contributed by atoms with Gasteiger partial charge in [0.1, 0.15) is 18.1 Å². The molecule has 0 aliphatic rings. The average molecular weight is 464 g/mol. The Hall–Kier alpha value is -3.98. The first-order valence-corrected chi connectivity index (χ1v) is 11.0. The minimum absolute atomic E-state index is 0.0508. The van der Waals surface area contributed by atoms with Crippen LogP contribution in [-0.2, 0) is 13.0 Å². The summed E-state index contributed by atoms with van der Waals surface area (Å²) in [5, 5.41) is 14.0. The second kappa shape index (κ2) is 9.66. The molecule has 0 spiro atoms. The van der Waals surface area contributed by atoms with Crippen molar-refractivity contribution in [2.24, 2.45) is 0 Å². The van der Waals surface area contributed by atoms with Crippen molar-refractivity contribution in [3.05, 3.63) is 104 Å². The van der Waals surface area contributed by atoms with Gasteiger partial charge in [0.15, 0.2) is 10.9 Å². The van der Waals surface area contributed by atoms with Crippen LogP contribution in [0.5, 0.6) is 5.75 Å². The molecule has 0 unspecified atom stereocenters. The number of carbonyl (C=O) groups excluding carboxylic acids is 1. The number of thiazole rings is 1. The summed E-state index contributed by atoms with van der Waals surface area (Å²) in [6.07, 6.45) is 0.568. The van der Waals surface area contributed by atoms with Crippen LogP contribution in [0.25, 0.3) is 0 Å².